The number of carbonyl (C=O) groups is 1. The highest BCUT2D eigenvalue weighted by molar-refractivity contribution is 7.24. The van der Waals surface area contributed by atoms with E-state index in [-0.39, 0.29) is 18.3 Å². The number of amides is 1. The lowest BCUT2D eigenvalue weighted by molar-refractivity contribution is 0.0695. The second kappa shape index (κ2) is 8.63. The smallest absolute Gasteiger partial charge is 0.265 e. The van der Waals surface area contributed by atoms with Crippen LogP contribution < -0.4 is 5.32 Å². The predicted molar refractivity (Wildman–Crippen MR) is 105 cm³/mol. The van der Waals surface area contributed by atoms with Crippen molar-refractivity contribution >= 4 is 52.6 Å². The summed E-state index contributed by atoms with van der Waals surface area (Å²) in [5.74, 6) is 0.798. The third-order valence-corrected chi connectivity index (χ3v) is 6.72. The molecular weight excluding hydrogens is 385 g/mol. The Morgan fingerprint density at radius 1 is 1.38 bits per heavy atom. The number of likely N-dealkylation sites (tertiary alicyclic amines) is 1. The molecule has 1 saturated heterocycles. The van der Waals surface area contributed by atoms with Crippen molar-refractivity contribution < 1.29 is 4.79 Å². The highest BCUT2D eigenvalue weighted by Gasteiger charge is 2.26. The van der Waals surface area contributed by atoms with E-state index in [1.807, 2.05) is 31.0 Å². The lowest BCUT2D eigenvalue weighted by Crippen LogP contribution is -2.40. The molecule has 1 aliphatic rings. The van der Waals surface area contributed by atoms with Crippen LogP contribution in [0.3, 0.4) is 0 Å². The summed E-state index contributed by atoms with van der Waals surface area (Å²) in [4.78, 5) is 21.1. The van der Waals surface area contributed by atoms with E-state index in [0.29, 0.717) is 5.92 Å². The van der Waals surface area contributed by atoms with E-state index in [1.165, 1.54) is 22.7 Å². The Hall–Kier alpha value is -0.660. The maximum Gasteiger partial charge on any atom is 0.265 e. The van der Waals surface area contributed by atoms with E-state index in [9.17, 15) is 4.79 Å². The Labute approximate surface area is 161 Å². The largest absolute Gasteiger partial charge is 0.338 e. The van der Waals surface area contributed by atoms with Gasteiger partial charge in [-0.1, -0.05) is 11.6 Å². The molecule has 8 heteroatoms. The van der Waals surface area contributed by atoms with Crippen molar-refractivity contribution in [2.24, 2.45) is 5.92 Å². The van der Waals surface area contributed by atoms with E-state index in [1.54, 1.807) is 0 Å². The topological polar surface area (TPSA) is 45.2 Å². The average Bonchev–Trinajstić information content (AvgIpc) is 3.14. The number of halogens is 2. The molecular formula is C16H21Cl2N3OS2. The summed E-state index contributed by atoms with van der Waals surface area (Å²) in [6.45, 7) is 4.62. The zero-order valence-corrected chi connectivity index (χ0v) is 16.9. The first-order chi connectivity index (χ1) is 11.1. The molecule has 0 spiro atoms. The number of nitrogens with zero attached hydrogens (tertiary/aromatic N) is 2. The first-order valence-electron chi connectivity index (χ1n) is 7.75. The molecule has 0 atom stereocenters. The van der Waals surface area contributed by atoms with Crippen molar-refractivity contribution in [2.75, 3.05) is 26.7 Å². The average molecular weight is 406 g/mol. The summed E-state index contributed by atoms with van der Waals surface area (Å²) >= 11 is 8.97. The van der Waals surface area contributed by atoms with Gasteiger partial charge in [0.25, 0.3) is 5.91 Å². The minimum Gasteiger partial charge on any atom is -0.338 e. The Morgan fingerprint density at radius 3 is 2.67 bits per heavy atom. The van der Waals surface area contributed by atoms with Crippen LogP contribution in [-0.4, -0.2) is 42.5 Å². The van der Waals surface area contributed by atoms with Gasteiger partial charge in [-0.15, -0.1) is 35.1 Å². The first-order valence-corrected chi connectivity index (χ1v) is 9.76. The minimum atomic E-state index is 0. The van der Waals surface area contributed by atoms with Crippen LogP contribution in [0.1, 0.15) is 28.2 Å². The Bertz CT molecular complexity index is 693. The van der Waals surface area contributed by atoms with E-state index >= 15 is 0 Å². The number of nitrogens with one attached hydrogen (secondary N) is 1. The van der Waals surface area contributed by atoms with Gasteiger partial charge in [0.2, 0.25) is 0 Å². The van der Waals surface area contributed by atoms with Gasteiger partial charge in [0.15, 0.2) is 0 Å². The predicted octanol–water partition coefficient (Wildman–Crippen LogP) is 4.33. The number of hydrogen-bond acceptors (Lipinski definition) is 5. The van der Waals surface area contributed by atoms with Gasteiger partial charge in [0.05, 0.1) is 14.9 Å². The van der Waals surface area contributed by atoms with Gasteiger partial charge in [-0.25, -0.2) is 4.98 Å². The monoisotopic (exact) mass is 405 g/mol. The van der Waals surface area contributed by atoms with Crippen molar-refractivity contribution in [3.05, 3.63) is 27.0 Å². The molecule has 0 radical (unpaired) electrons. The minimum absolute atomic E-state index is 0. The van der Waals surface area contributed by atoms with Gasteiger partial charge in [0.1, 0.15) is 9.88 Å². The van der Waals surface area contributed by atoms with E-state index < -0.39 is 0 Å². The molecule has 1 N–H and O–H groups in total. The number of hydrogen-bond donors (Lipinski definition) is 1. The Kier molecular flexibility index (Phi) is 7.07. The Morgan fingerprint density at radius 2 is 2.08 bits per heavy atom. The maximum atomic E-state index is 12.8. The first kappa shape index (κ1) is 19.7. The second-order valence-electron chi connectivity index (χ2n) is 5.83. The maximum absolute atomic E-state index is 12.8. The molecule has 24 heavy (non-hydrogen) atoms. The van der Waals surface area contributed by atoms with E-state index in [4.69, 9.17) is 11.6 Å². The van der Waals surface area contributed by atoms with Crippen LogP contribution in [0.4, 0.5) is 0 Å². The van der Waals surface area contributed by atoms with Crippen LogP contribution >= 0.6 is 46.7 Å². The van der Waals surface area contributed by atoms with Gasteiger partial charge in [-0.2, -0.15) is 0 Å². The summed E-state index contributed by atoms with van der Waals surface area (Å²) < 4.78 is 0.743. The zero-order chi connectivity index (χ0) is 16.4. The lowest BCUT2D eigenvalue weighted by Gasteiger charge is -2.31. The van der Waals surface area contributed by atoms with Gasteiger partial charge in [-0.3, -0.25) is 4.79 Å². The lowest BCUT2D eigenvalue weighted by atomic mass is 9.97. The van der Waals surface area contributed by atoms with Crippen LogP contribution in [0, 0.1) is 12.8 Å². The van der Waals surface area contributed by atoms with Gasteiger partial charge in [0, 0.05) is 13.1 Å². The highest BCUT2D eigenvalue weighted by Crippen LogP contribution is 2.35. The van der Waals surface area contributed by atoms with Crippen LogP contribution in [0.5, 0.6) is 0 Å². The quantitative estimate of drug-likeness (QED) is 0.822. The molecule has 1 amide bonds. The van der Waals surface area contributed by atoms with Gasteiger partial charge >= 0.3 is 0 Å². The van der Waals surface area contributed by atoms with Gasteiger partial charge in [-0.05, 0) is 51.4 Å². The molecule has 0 bridgehead atoms. The third-order valence-electron chi connectivity index (χ3n) is 4.17. The van der Waals surface area contributed by atoms with E-state index in [0.717, 1.165) is 57.3 Å². The molecule has 0 unspecified atom stereocenters. The summed E-state index contributed by atoms with van der Waals surface area (Å²) in [6, 6.07) is 3.83. The van der Waals surface area contributed by atoms with Crippen molar-refractivity contribution in [1.29, 1.82) is 0 Å². The number of thiazole rings is 1. The second-order valence-corrected chi connectivity index (χ2v) is 8.54. The fourth-order valence-electron chi connectivity index (χ4n) is 2.90. The normalized spacial score (nSPS) is 15.4. The molecule has 0 aromatic carbocycles. The van der Waals surface area contributed by atoms with E-state index in [2.05, 4.69) is 10.3 Å². The number of carbonyl (C=O) groups excluding carboxylic acids is 1. The fraction of sp³-hybridized carbons (Fsp3) is 0.500. The van der Waals surface area contributed by atoms with Crippen LogP contribution in [-0.2, 0) is 0 Å². The molecule has 3 rings (SSSR count). The third kappa shape index (κ3) is 4.29. The number of aryl methyl sites for hydroxylation is 1. The SMILES string of the molecule is CNCC1CCN(C(=O)c2sc(-c3ccc(Cl)s3)nc2C)CC1.Cl. The van der Waals surface area contributed by atoms with Crippen LogP contribution in [0.2, 0.25) is 4.34 Å². The summed E-state index contributed by atoms with van der Waals surface area (Å²) in [6.07, 6.45) is 2.13. The van der Waals surface area contributed by atoms with Crippen molar-refractivity contribution in [3.8, 4) is 9.88 Å². The van der Waals surface area contributed by atoms with Crippen molar-refractivity contribution in [2.45, 2.75) is 19.8 Å². The molecule has 0 saturated carbocycles. The molecule has 1 aliphatic heterocycles. The zero-order valence-electron chi connectivity index (χ0n) is 13.7. The van der Waals surface area contributed by atoms with Crippen LogP contribution in [0.15, 0.2) is 12.1 Å². The number of rotatable bonds is 4. The summed E-state index contributed by atoms with van der Waals surface area (Å²) in [5, 5.41) is 4.11. The summed E-state index contributed by atoms with van der Waals surface area (Å²) in [5.41, 5.74) is 0.817. The standard InChI is InChI=1S/C16H20ClN3OS2.ClH/c1-10-14(23-15(19-10)12-3-4-13(17)22-12)16(21)20-7-5-11(6-8-20)9-18-2;/h3-4,11,18H,5-9H2,1-2H3;1H. The fourth-order valence-corrected chi connectivity index (χ4v) is 5.03. The Balaban J connectivity index is 0.00000208. The van der Waals surface area contributed by atoms with Gasteiger partial charge < -0.3 is 10.2 Å². The molecule has 2 aromatic heterocycles. The molecule has 132 valence electrons. The molecule has 2 aromatic rings. The molecule has 1 fully saturated rings. The van der Waals surface area contributed by atoms with Crippen molar-refractivity contribution in [1.82, 2.24) is 15.2 Å². The number of thiophene rings is 1. The highest BCUT2D eigenvalue weighted by atomic mass is 35.5. The number of piperidine rings is 1. The number of aromatic nitrogens is 1. The summed E-state index contributed by atoms with van der Waals surface area (Å²) in [7, 11) is 1.98. The molecule has 3 heterocycles. The molecule has 4 nitrogen and oxygen atoms in total. The van der Waals surface area contributed by atoms with Crippen LogP contribution in [0.25, 0.3) is 9.88 Å². The van der Waals surface area contributed by atoms with Crippen molar-refractivity contribution in [3.63, 3.8) is 0 Å². The molecule has 0 aliphatic carbocycles.